The Bertz CT molecular complexity index is 501. The van der Waals surface area contributed by atoms with Crippen molar-refractivity contribution in [3.8, 4) is 5.88 Å². The van der Waals surface area contributed by atoms with E-state index in [1.165, 1.54) is 6.42 Å². The second kappa shape index (κ2) is 7.60. The molecule has 3 rings (SSSR count). The second-order valence-corrected chi connectivity index (χ2v) is 6.63. The highest BCUT2D eigenvalue weighted by Gasteiger charge is 2.45. The van der Waals surface area contributed by atoms with E-state index in [9.17, 15) is 0 Å². The molecule has 0 aromatic carbocycles. The van der Waals surface area contributed by atoms with Gasteiger partial charge in [-0.15, -0.1) is 0 Å². The minimum absolute atomic E-state index is 0.0913. The van der Waals surface area contributed by atoms with Gasteiger partial charge in [0.2, 0.25) is 5.88 Å². The summed E-state index contributed by atoms with van der Waals surface area (Å²) in [7, 11) is 3.47. The molecule has 0 radical (unpaired) electrons. The van der Waals surface area contributed by atoms with Gasteiger partial charge in [-0.1, -0.05) is 6.07 Å². The molecule has 0 aliphatic carbocycles. The van der Waals surface area contributed by atoms with Crippen molar-refractivity contribution in [1.82, 2.24) is 9.88 Å². The molecule has 5 heteroatoms. The van der Waals surface area contributed by atoms with E-state index in [1.807, 2.05) is 6.07 Å². The maximum atomic E-state index is 6.22. The fraction of sp³-hybridized carbons (Fsp3) is 0.722. The quantitative estimate of drug-likeness (QED) is 0.806. The standard InChI is InChI=1S/C18H28N2O3/c1-21-12-5-16-6-13-23-18(16)7-10-20(11-8-18)14-15-4-3-9-19-17(15)22-2/h3-4,9,16H,5-8,10-14H2,1-2H3. The summed E-state index contributed by atoms with van der Waals surface area (Å²) in [5.41, 5.74) is 1.25. The number of rotatable bonds is 6. The van der Waals surface area contributed by atoms with E-state index < -0.39 is 0 Å². The van der Waals surface area contributed by atoms with Crippen LogP contribution in [0, 0.1) is 5.92 Å². The lowest BCUT2D eigenvalue weighted by Gasteiger charge is -2.42. The average molecular weight is 320 g/mol. The van der Waals surface area contributed by atoms with Crippen LogP contribution >= 0.6 is 0 Å². The molecule has 2 saturated heterocycles. The number of hydrogen-bond acceptors (Lipinski definition) is 5. The van der Waals surface area contributed by atoms with Gasteiger partial charge in [-0.05, 0) is 37.7 Å². The molecule has 0 bridgehead atoms. The lowest BCUT2D eigenvalue weighted by Crippen LogP contribution is -2.47. The Morgan fingerprint density at radius 2 is 2.17 bits per heavy atom. The Balaban J connectivity index is 1.57. The second-order valence-electron chi connectivity index (χ2n) is 6.63. The molecule has 5 nitrogen and oxygen atoms in total. The van der Waals surface area contributed by atoms with E-state index >= 15 is 0 Å². The van der Waals surface area contributed by atoms with E-state index in [4.69, 9.17) is 14.2 Å². The fourth-order valence-corrected chi connectivity index (χ4v) is 4.06. The van der Waals surface area contributed by atoms with Gasteiger partial charge >= 0.3 is 0 Å². The van der Waals surface area contributed by atoms with Crippen molar-refractivity contribution >= 4 is 0 Å². The molecule has 0 N–H and O–H groups in total. The summed E-state index contributed by atoms with van der Waals surface area (Å²) in [5, 5.41) is 0. The first-order valence-electron chi connectivity index (χ1n) is 8.60. The van der Waals surface area contributed by atoms with Crippen LogP contribution in [0.1, 0.15) is 31.2 Å². The van der Waals surface area contributed by atoms with Crippen molar-refractivity contribution in [2.45, 2.75) is 37.8 Å². The Hall–Kier alpha value is -1.17. The van der Waals surface area contributed by atoms with Gasteiger partial charge in [-0.2, -0.15) is 0 Å². The number of piperidine rings is 1. The molecular formula is C18H28N2O3. The van der Waals surface area contributed by atoms with Crippen LogP contribution in [0.15, 0.2) is 18.3 Å². The van der Waals surface area contributed by atoms with Crippen LogP contribution in [0.3, 0.4) is 0 Å². The third-order valence-electron chi connectivity index (χ3n) is 5.41. The first-order valence-corrected chi connectivity index (χ1v) is 8.60. The number of nitrogens with zero attached hydrogens (tertiary/aromatic N) is 2. The molecule has 128 valence electrons. The molecule has 2 aliphatic heterocycles. The zero-order chi connectivity index (χ0) is 16.1. The van der Waals surface area contributed by atoms with Gasteiger partial charge in [0, 0.05) is 51.7 Å². The van der Waals surface area contributed by atoms with E-state index in [0.717, 1.165) is 63.6 Å². The van der Waals surface area contributed by atoms with Crippen molar-refractivity contribution in [3.63, 3.8) is 0 Å². The van der Waals surface area contributed by atoms with Crippen LogP contribution in [0.25, 0.3) is 0 Å². The smallest absolute Gasteiger partial charge is 0.217 e. The highest BCUT2D eigenvalue weighted by molar-refractivity contribution is 5.25. The molecule has 2 fully saturated rings. The van der Waals surface area contributed by atoms with Crippen molar-refractivity contribution in [2.75, 3.05) is 40.5 Å². The number of ether oxygens (including phenoxy) is 3. The zero-order valence-electron chi connectivity index (χ0n) is 14.3. The van der Waals surface area contributed by atoms with E-state index in [0.29, 0.717) is 5.92 Å². The van der Waals surface area contributed by atoms with Gasteiger partial charge in [-0.25, -0.2) is 4.98 Å². The first kappa shape index (κ1) is 16.7. The van der Waals surface area contributed by atoms with Crippen LogP contribution in [0.4, 0.5) is 0 Å². The van der Waals surface area contributed by atoms with Crippen molar-refractivity contribution in [1.29, 1.82) is 0 Å². The molecule has 0 saturated carbocycles. The molecule has 1 aromatic rings. The number of hydrogen-bond donors (Lipinski definition) is 0. The minimum Gasteiger partial charge on any atom is -0.481 e. The van der Waals surface area contributed by atoms with E-state index in [2.05, 4.69) is 16.0 Å². The summed E-state index contributed by atoms with van der Waals surface area (Å²) in [5.74, 6) is 1.39. The summed E-state index contributed by atoms with van der Waals surface area (Å²) in [6, 6.07) is 4.08. The molecule has 1 aromatic heterocycles. The summed E-state index contributed by atoms with van der Waals surface area (Å²) in [4.78, 5) is 6.78. The molecule has 1 atom stereocenters. The fourth-order valence-electron chi connectivity index (χ4n) is 4.06. The number of likely N-dealkylation sites (tertiary alicyclic amines) is 1. The average Bonchev–Trinajstić information content (AvgIpc) is 2.98. The van der Waals surface area contributed by atoms with Gasteiger partial charge in [-0.3, -0.25) is 4.90 Å². The van der Waals surface area contributed by atoms with Gasteiger partial charge < -0.3 is 14.2 Å². The van der Waals surface area contributed by atoms with Crippen molar-refractivity contribution in [3.05, 3.63) is 23.9 Å². The Morgan fingerprint density at radius 1 is 1.35 bits per heavy atom. The summed E-state index contributed by atoms with van der Waals surface area (Å²) in [6.07, 6.45) is 6.31. The van der Waals surface area contributed by atoms with E-state index in [1.54, 1.807) is 20.4 Å². The zero-order valence-corrected chi connectivity index (χ0v) is 14.3. The van der Waals surface area contributed by atoms with Crippen LogP contribution in [0.2, 0.25) is 0 Å². The molecule has 2 aliphatic rings. The third-order valence-corrected chi connectivity index (χ3v) is 5.41. The number of pyridine rings is 1. The maximum Gasteiger partial charge on any atom is 0.217 e. The Labute approximate surface area is 138 Å². The van der Waals surface area contributed by atoms with Crippen LogP contribution < -0.4 is 4.74 Å². The highest BCUT2D eigenvalue weighted by atomic mass is 16.5. The van der Waals surface area contributed by atoms with Gasteiger partial charge in [0.15, 0.2) is 0 Å². The van der Waals surface area contributed by atoms with Crippen LogP contribution in [-0.2, 0) is 16.0 Å². The number of aromatic nitrogens is 1. The lowest BCUT2D eigenvalue weighted by atomic mass is 9.78. The Kier molecular flexibility index (Phi) is 5.51. The molecule has 3 heterocycles. The summed E-state index contributed by atoms with van der Waals surface area (Å²) in [6.45, 7) is 4.79. The minimum atomic E-state index is 0.0913. The van der Waals surface area contributed by atoms with Gasteiger partial charge in [0.25, 0.3) is 0 Å². The van der Waals surface area contributed by atoms with E-state index in [-0.39, 0.29) is 5.60 Å². The largest absolute Gasteiger partial charge is 0.481 e. The maximum absolute atomic E-state index is 6.22. The summed E-state index contributed by atoms with van der Waals surface area (Å²) >= 11 is 0. The molecule has 1 spiro atoms. The first-order chi connectivity index (χ1) is 11.3. The topological polar surface area (TPSA) is 43.8 Å². The SMILES string of the molecule is COCCC1CCOC12CCN(Cc1cccnc1OC)CC2. The monoisotopic (exact) mass is 320 g/mol. The lowest BCUT2D eigenvalue weighted by molar-refractivity contribution is -0.0721. The highest BCUT2D eigenvalue weighted by Crippen LogP contribution is 2.42. The van der Waals surface area contributed by atoms with Crippen LogP contribution in [0.5, 0.6) is 5.88 Å². The molecular weight excluding hydrogens is 292 g/mol. The van der Waals surface area contributed by atoms with Crippen molar-refractivity contribution < 1.29 is 14.2 Å². The van der Waals surface area contributed by atoms with Crippen molar-refractivity contribution in [2.24, 2.45) is 5.92 Å². The van der Waals surface area contributed by atoms with Gasteiger partial charge in [0.1, 0.15) is 0 Å². The summed E-state index contributed by atoms with van der Waals surface area (Å²) < 4.78 is 16.9. The van der Waals surface area contributed by atoms with Crippen LogP contribution in [-0.4, -0.2) is 56.0 Å². The predicted octanol–water partition coefficient (Wildman–Crippen LogP) is 2.50. The molecule has 0 amide bonds. The van der Waals surface area contributed by atoms with Gasteiger partial charge in [0.05, 0.1) is 12.7 Å². The molecule has 23 heavy (non-hydrogen) atoms. The Morgan fingerprint density at radius 3 is 2.91 bits per heavy atom. The number of methoxy groups -OCH3 is 2. The third kappa shape index (κ3) is 3.67. The predicted molar refractivity (Wildman–Crippen MR) is 88.6 cm³/mol. The normalized spacial score (nSPS) is 24.2. The molecule has 1 unspecified atom stereocenters.